The third-order valence-corrected chi connectivity index (χ3v) is 2.83. The number of halogens is 1. The summed E-state index contributed by atoms with van der Waals surface area (Å²) in [5, 5.41) is 0.543. The van der Waals surface area contributed by atoms with Crippen LogP contribution >= 0.6 is 11.6 Å². The molecule has 0 radical (unpaired) electrons. The summed E-state index contributed by atoms with van der Waals surface area (Å²) in [6.07, 6.45) is 3.30. The normalized spacial score (nSPS) is 9.57. The van der Waals surface area contributed by atoms with Gasteiger partial charge in [0.1, 0.15) is 11.4 Å². The maximum Gasteiger partial charge on any atom is 0.311 e. The summed E-state index contributed by atoms with van der Waals surface area (Å²) in [6.45, 7) is 0. The molecule has 0 fully saturated rings. The van der Waals surface area contributed by atoms with Crippen molar-refractivity contribution in [2.75, 3.05) is 0 Å². The van der Waals surface area contributed by atoms with E-state index in [1.54, 1.807) is 30.5 Å². The predicted molar refractivity (Wildman–Crippen MR) is 82.1 cm³/mol. The van der Waals surface area contributed by atoms with E-state index in [4.69, 9.17) is 16.3 Å². The van der Waals surface area contributed by atoms with Crippen LogP contribution in [0.3, 0.4) is 0 Å². The van der Waals surface area contributed by atoms with E-state index in [9.17, 15) is 4.79 Å². The van der Waals surface area contributed by atoms with E-state index < -0.39 is 0 Å². The van der Waals surface area contributed by atoms with Crippen molar-refractivity contribution in [3.63, 3.8) is 0 Å². The van der Waals surface area contributed by atoms with Gasteiger partial charge in [-0.25, -0.2) is 4.98 Å². The lowest BCUT2D eigenvalue weighted by molar-refractivity contribution is -0.134. The Bertz CT molecular complexity index is 659. The van der Waals surface area contributed by atoms with Gasteiger partial charge in [0.05, 0.1) is 0 Å². The standard InChI is InChI=1S/C17H14ClNO2/c18-14-7-6-10-16(13-14)21-17(20)11-3-1-2-8-15-9-4-5-12-19-15/h4-7,9-10,12-13H,1,3,11H2. The molecule has 0 spiro atoms. The van der Waals surface area contributed by atoms with E-state index in [0.29, 0.717) is 30.0 Å². The van der Waals surface area contributed by atoms with Gasteiger partial charge in [0.2, 0.25) is 0 Å². The predicted octanol–water partition coefficient (Wildman–Crippen LogP) is 3.86. The summed E-state index contributed by atoms with van der Waals surface area (Å²) in [4.78, 5) is 15.7. The van der Waals surface area contributed by atoms with Gasteiger partial charge in [-0.2, -0.15) is 0 Å². The molecule has 2 aromatic rings. The zero-order chi connectivity index (χ0) is 14.9. The van der Waals surface area contributed by atoms with Gasteiger partial charge in [-0.1, -0.05) is 29.7 Å². The number of carbonyl (C=O) groups excluding carboxylic acids is 1. The average Bonchev–Trinajstić information content (AvgIpc) is 2.48. The number of nitrogens with zero attached hydrogens (tertiary/aromatic N) is 1. The number of hydrogen-bond acceptors (Lipinski definition) is 3. The van der Waals surface area contributed by atoms with Gasteiger partial charge in [0, 0.05) is 24.1 Å². The SMILES string of the molecule is O=C(CCCC#Cc1ccccn1)Oc1cccc(Cl)c1. The highest BCUT2D eigenvalue weighted by molar-refractivity contribution is 6.30. The van der Waals surface area contributed by atoms with E-state index in [1.165, 1.54) is 0 Å². The first kappa shape index (κ1) is 15.1. The first-order valence-corrected chi connectivity index (χ1v) is 6.98. The van der Waals surface area contributed by atoms with Crippen molar-refractivity contribution in [1.29, 1.82) is 0 Å². The second-order valence-electron chi connectivity index (χ2n) is 4.30. The lowest BCUT2D eigenvalue weighted by Crippen LogP contribution is -2.07. The van der Waals surface area contributed by atoms with E-state index in [1.807, 2.05) is 18.2 Å². The molecule has 1 aromatic heterocycles. The van der Waals surface area contributed by atoms with Crippen LogP contribution in [0.15, 0.2) is 48.7 Å². The van der Waals surface area contributed by atoms with Gasteiger partial charge in [-0.05, 0) is 42.7 Å². The van der Waals surface area contributed by atoms with Crippen LogP contribution in [0.25, 0.3) is 0 Å². The molecule has 0 saturated carbocycles. The molecule has 0 atom stereocenters. The Hall–Kier alpha value is -2.31. The molecule has 3 nitrogen and oxygen atoms in total. The van der Waals surface area contributed by atoms with Crippen LogP contribution in [0.5, 0.6) is 5.75 Å². The van der Waals surface area contributed by atoms with Crippen LogP contribution in [0.2, 0.25) is 5.02 Å². The summed E-state index contributed by atoms with van der Waals surface area (Å²) in [5.41, 5.74) is 0.735. The van der Waals surface area contributed by atoms with Gasteiger partial charge in [-0.15, -0.1) is 0 Å². The second-order valence-corrected chi connectivity index (χ2v) is 4.74. The number of aromatic nitrogens is 1. The third-order valence-electron chi connectivity index (χ3n) is 2.59. The largest absolute Gasteiger partial charge is 0.426 e. The minimum Gasteiger partial charge on any atom is -0.426 e. The van der Waals surface area contributed by atoms with Gasteiger partial charge in [0.15, 0.2) is 0 Å². The monoisotopic (exact) mass is 299 g/mol. The van der Waals surface area contributed by atoms with Crippen LogP contribution in [0, 0.1) is 11.8 Å². The third kappa shape index (κ3) is 5.68. The molecule has 1 aromatic carbocycles. The number of rotatable bonds is 4. The molecule has 21 heavy (non-hydrogen) atoms. The first-order chi connectivity index (χ1) is 10.2. The Morgan fingerprint density at radius 1 is 1.24 bits per heavy atom. The Kier molecular flexibility index (Phi) is 5.81. The van der Waals surface area contributed by atoms with Gasteiger partial charge < -0.3 is 4.74 Å². The fourth-order valence-electron chi connectivity index (χ4n) is 1.62. The second kappa shape index (κ2) is 8.08. The van der Waals surface area contributed by atoms with Crippen molar-refractivity contribution < 1.29 is 9.53 Å². The Morgan fingerprint density at radius 3 is 2.90 bits per heavy atom. The van der Waals surface area contributed by atoms with Crippen molar-refractivity contribution in [3.05, 3.63) is 59.4 Å². The summed E-state index contributed by atoms with van der Waals surface area (Å²) < 4.78 is 5.18. The summed E-state index contributed by atoms with van der Waals surface area (Å²) >= 11 is 5.82. The van der Waals surface area contributed by atoms with Crippen molar-refractivity contribution in [3.8, 4) is 17.6 Å². The highest BCUT2D eigenvalue weighted by Gasteiger charge is 2.04. The van der Waals surface area contributed by atoms with Gasteiger partial charge >= 0.3 is 5.97 Å². The maximum absolute atomic E-state index is 11.6. The average molecular weight is 300 g/mol. The molecule has 1 heterocycles. The Morgan fingerprint density at radius 2 is 2.14 bits per heavy atom. The summed E-state index contributed by atoms with van der Waals surface area (Å²) in [5.74, 6) is 6.12. The number of carbonyl (C=O) groups is 1. The highest BCUT2D eigenvalue weighted by atomic mass is 35.5. The molecule has 0 bridgehead atoms. The van der Waals surface area contributed by atoms with Crippen LogP contribution in [-0.4, -0.2) is 11.0 Å². The molecule has 0 unspecified atom stereocenters. The van der Waals surface area contributed by atoms with Gasteiger partial charge in [0.25, 0.3) is 0 Å². The van der Waals surface area contributed by atoms with Crippen LogP contribution in [0.1, 0.15) is 25.0 Å². The van der Waals surface area contributed by atoms with Crippen molar-refractivity contribution >= 4 is 17.6 Å². The highest BCUT2D eigenvalue weighted by Crippen LogP contribution is 2.17. The Labute approximate surface area is 128 Å². The molecule has 106 valence electrons. The lowest BCUT2D eigenvalue weighted by atomic mass is 10.2. The van der Waals surface area contributed by atoms with E-state index in [2.05, 4.69) is 16.8 Å². The van der Waals surface area contributed by atoms with Crippen molar-refractivity contribution in [2.45, 2.75) is 19.3 Å². The Balaban J connectivity index is 1.72. The fraction of sp³-hybridized carbons (Fsp3) is 0.176. The number of pyridine rings is 1. The first-order valence-electron chi connectivity index (χ1n) is 6.60. The van der Waals surface area contributed by atoms with E-state index >= 15 is 0 Å². The number of ether oxygens (including phenoxy) is 1. The quantitative estimate of drug-likeness (QED) is 0.372. The molecule has 4 heteroatoms. The molecule has 2 rings (SSSR count). The van der Waals surface area contributed by atoms with Crippen molar-refractivity contribution in [1.82, 2.24) is 4.98 Å². The molecule has 0 aliphatic rings. The van der Waals surface area contributed by atoms with Crippen LogP contribution < -0.4 is 4.74 Å². The minimum absolute atomic E-state index is 0.281. The summed E-state index contributed by atoms with van der Waals surface area (Å²) in [7, 11) is 0. The number of unbranched alkanes of at least 4 members (excludes halogenated alkanes) is 1. The zero-order valence-corrected chi connectivity index (χ0v) is 12.1. The number of benzene rings is 1. The van der Waals surface area contributed by atoms with E-state index in [-0.39, 0.29) is 5.97 Å². The van der Waals surface area contributed by atoms with E-state index in [0.717, 1.165) is 5.69 Å². The molecule has 0 amide bonds. The van der Waals surface area contributed by atoms with Gasteiger partial charge in [-0.3, -0.25) is 4.79 Å². The van der Waals surface area contributed by atoms with Crippen LogP contribution in [0.4, 0.5) is 0 Å². The smallest absolute Gasteiger partial charge is 0.311 e. The molecular weight excluding hydrogens is 286 g/mol. The van der Waals surface area contributed by atoms with Crippen LogP contribution in [-0.2, 0) is 4.79 Å². The lowest BCUT2D eigenvalue weighted by Gasteiger charge is -2.03. The fourth-order valence-corrected chi connectivity index (χ4v) is 1.80. The topological polar surface area (TPSA) is 39.2 Å². The zero-order valence-electron chi connectivity index (χ0n) is 11.4. The minimum atomic E-state index is -0.281. The number of esters is 1. The molecule has 0 aliphatic carbocycles. The number of hydrogen-bond donors (Lipinski definition) is 0. The molecule has 0 aliphatic heterocycles. The maximum atomic E-state index is 11.6. The summed E-state index contributed by atoms with van der Waals surface area (Å²) in [6, 6.07) is 12.4. The molecule has 0 N–H and O–H groups in total. The molecule has 0 saturated heterocycles. The molecular formula is C17H14ClNO2. The van der Waals surface area contributed by atoms with Crippen molar-refractivity contribution in [2.24, 2.45) is 0 Å².